The molecular formula is C19H24F2. The molecule has 4 rings (SSSR count). The lowest BCUT2D eigenvalue weighted by molar-refractivity contribution is 0.124. The highest BCUT2D eigenvalue weighted by molar-refractivity contribution is 5.54. The Hall–Kier alpha value is -0.920. The van der Waals surface area contributed by atoms with Crippen molar-refractivity contribution < 1.29 is 8.78 Å². The van der Waals surface area contributed by atoms with E-state index in [9.17, 15) is 8.78 Å². The summed E-state index contributed by atoms with van der Waals surface area (Å²) in [5, 5.41) is 0. The molecule has 0 amide bonds. The monoisotopic (exact) mass is 290 g/mol. The molecule has 2 heteroatoms. The van der Waals surface area contributed by atoms with Crippen LogP contribution >= 0.6 is 0 Å². The lowest BCUT2D eigenvalue weighted by atomic mass is 9.56. The highest BCUT2D eigenvalue weighted by Crippen LogP contribution is 2.59. The molecule has 0 aromatic carbocycles. The van der Waals surface area contributed by atoms with Gasteiger partial charge in [-0.1, -0.05) is 38.0 Å². The van der Waals surface area contributed by atoms with Crippen LogP contribution in [0.2, 0.25) is 0 Å². The van der Waals surface area contributed by atoms with E-state index in [-0.39, 0.29) is 0 Å². The Kier molecular flexibility index (Phi) is 3.13. The van der Waals surface area contributed by atoms with Crippen LogP contribution in [0.1, 0.15) is 51.9 Å². The average Bonchev–Trinajstić information content (AvgIpc) is 2.84. The summed E-state index contributed by atoms with van der Waals surface area (Å²) in [5.74, 6) is 2.33. The Bertz CT molecular complexity index is 540. The highest BCUT2D eigenvalue weighted by Gasteiger charge is 2.49. The van der Waals surface area contributed by atoms with Gasteiger partial charge in [-0.25, -0.2) is 8.78 Å². The fraction of sp³-hybridized carbons (Fsp3) is 0.684. The minimum absolute atomic E-state index is 0.350. The molecule has 0 nitrogen and oxygen atoms in total. The van der Waals surface area contributed by atoms with Gasteiger partial charge >= 0.3 is 0 Å². The molecule has 0 N–H and O–H groups in total. The van der Waals surface area contributed by atoms with Crippen LogP contribution in [0.3, 0.4) is 0 Å². The van der Waals surface area contributed by atoms with Gasteiger partial charge in [0, 0.05) is 11.0 Å². The van der Waals surface area contributed by atoms with Gasteiger partial charge in [-0.2, -0.15) is 0 Å². The summed E-state index contributed by atoms with van der Waals surface area (Å²) < 4.78 is 26.7. The zero-order chi connectivity index (χ0) is 14.6. The first-order valence-electron chi connectivity index (χ1n) is 8.52. The van der Waals surface area contributed by atoms with Gasteiger partial charge in [-0.3, -0.25) is 0 Å². The van der Waals surface area contributed by atoms with Gasteiger partial charge in [0.25, 0.3) is 6.43 Å². The molecule has 2 fully saturated rings. The molecule has 4 aliphatic rings. The third-order valence-electron chi connectivity index (χ3n) is 6.69. The van der Waals surface area contributed by atoms with Crippen LogP contribution in [-0.2, 0) is 0 Å². The third kappa shape index (κ3) is 1.90. The van der Waals surface area contributed by atoms with Crippen LogP contribution in [0.4, 0.5) is 8.78 Å². The number of fused-ring (bicyclic) bond motifs is 5. The van der Waals surface area contributed by atoms with Crippen LogP contribution in [0, 0.1) is 23.2 Å². The number of alkyl halides is 2. The lowest BCUT2D eigenvalue weighted by Gasteiger charge is -2.49. The molecule has 4 atom stereocenters. The first kappa shape index (κ1) is 13.7. The predicted octanol–water partition coefficient (Wildman–Crippen LogP) is 5.67. The van der Waals surface area contributed by atoms with Gasteiger partial charge in [-0.15, -0.1) is 0 Å². The van der Waals surface area contributed by atoms with Gasteiger partial charge in [-0.05, 0) is 61.0 Å². The van der Waals surface area contributed by atoms with Gasteiger partial charge in [0.05, 0.1) is 0 Å². The van der Waals surface area contributed by atoms with Crippen molar-refractivity contribution in [2.24, 2.45) is 23.2 Å². The molecule has 0 saturated heterocycles. The highest BCUT2D eigenvalue weighted by atomic mass is 19.3. The van der Waals surface area contributed by atoms with Crippen molar-refractivity contribution in [3.05, 3.63) is 34.9 Å². The Morgan fingerprint density at radius 3 is 2.76 bits per heavy atom. The van der Waals surface area contributed by atoms with Gasteiger partial charge in [0.15, 0.2) is 0 Å². The molecule has 0 bridgehead atoms. The Balaban J connectivity index is 1.68. The SMILES string of the molecule is C[C@]12CC[C@H]3C(=CCC4CCCC[C@@H]43)C1=CC=C2C(F)F. The van der Waals surface area contributed by atoms with Crippen molar-refractivity contribution in [2.75, 3.05) is 0 Å². The van der Waals surface area contributed by atoms with E-state index in [4.69, 9.17) is 0 Å². The molecule has 114 valence electrons. The Morgan fingerprint density at radius 1 is 1.14 bits per heavy atom. The number of allylic oxidation sites excluding steroid dienone is 6. The normalized spacial score (nSPS) is 41.7. The number of hydrogen-bond donors (Lipinski definition) is 0. The molecule has 0 aliphatic heterocycles. The minimum atomic E-state index is -2.31. The molecule has 0 aromatic heterocycles. The standard InChI is InChI=1S/C19H24F2/c1-19-11-10-14-13-5-3-2-4-12(13)6-7-15(14)16(19)8-9-17(19)18(20)21/h7-9,12-14,18H,2-6,10-11H2,1H3/t12?,13-,14+,19-/m0/s1. The summed E-state index contributed by atoms with van der Waals surface area (Å²) in [6.07, 6.45) is 12.5. The zero-order valence-electron chi connectivity index (χ0n) is 12.7. The minimum Gasteiger partial charge on any atom is -0.205 e. The van der Waals surface area contributed by atoms with Gasteiger partial charge < -0.3 is 0 Å². The predicted molar refractivity (Wildman–Crippen MR) is 81.1 cm³/mol. The van der Waals surface area contributed by atoms with Gasteiger partial charge in [0.1, 0.15) is 0 Å². The second-order valence-corrected chi connectivity index (χ2v) is 7.58. The van der Waals surface area contributed by atoms with Crippen LogP contribution in [0.25, 0.3) is 0 Å². The zero-order valence-corrected chi connectivity index (χ0v) is 12.7. The van der Waals surface area contributed by atoms with Crippen molar-refractivity contribution in [3.8, 4) is 0 Å². The maximum Gasteiger partial charge on any atom is 0.261 e. The first-order chi connectivity index (χ1) is 10.1. The van der Waals surface area contributed by atoms with Crippen LogP contribution < -0.4 is 0 Å². The van der Waals surface area contributed by atoms with Gasteiger partial charge in [0.2, 0.25) is 0 Å². The van der Waals surface area contributed by atoms with Crippen LogP contribution in [0.15, 0.2) is 34.9 Å². The molecule has 0 heterocycles. The molecule has 0 spiro atoms. The molecule has 4 aliphatic carbocycles. The Labute approximate surface area is 126 Å². The second kappa shape index (κ2) is 4.79. The number of rotatable bonds is 1. The van der Waals surface area contributed by atoms with Crippen molar-refractivity contribution in [1.82, 2.24) is 0 Å². The second-order valence-electron chi connectivity index (χ2n) is 7.58. The van der Waals surface area contributed by atoms with Crippen molar-refractivity contribution >= 4 is 0 Å². The molecule has 0 radical (unpaired) electrons. The summed E-state index contributed by atoms with van der Waals surface area (Å²) in [4.78, 5) is 0. The van der Waals surface area contributed by atoms with E-state index in [1.807, 2.05) is 13.0 Å². The van der Waals surface area contributed by atoms with E-state index >= 15 is 0 Å². The molecular weight excluding hydrogens is 266 g/mol. The molecule has 0 aromatic rings. The fourth-order valence-corrected chi connectivity index (χ4v) is 5.55. The largest absolute Gasteiger partial charge is 0.261 e. The summed E-state index contributed by atoms with van der Waals surface area (Å²) in [6, 6.07) is 0. The summed E-state index contributed by atoms with van der Waals surface area (Å²) in [5.41, 5.74) is 2.61. The van der Waals surface area contributed by atoms with E-state index in [1.165, 1.54) is 43.3 Å². The number of halogens is 2. The quantitative estimate of drug-likeness (QED) is 0.583. The van der Waals surface area contributed by atoms with Crippen molar-refractivity contribution in [2.45, 2.75) is 58.3 Å². The molecule has 21 heavy (non-hydrogen) atoms. The van der Waals surface area contributed by atoms with E-state index in [0.29, 0.717) is 11.5 Å². The maximum atomic E-state index is 13.3. The van der Waals surface area contributed by atoms with Crippen LogP contribution in [-0.4, -0.2) is 6.43 Å². The summed E-state index contributed by atoms with van der Waals surface area (Å²) in [6.45, 7) is 2.04. The average molecular weight is 290 g/mol. The van der Waals surface area contributed by atoms with E-state index in [1.54, 1.807) is 6.08 Å². The first-order valence-corrected chi connectivity index (χ1v) is 8.52. The van der Waals surface area contributed by atoms with Crippen molar-refractivity contribution in [1.29, 1.82) is 0 Å². The third-order valence-corrected chi connectivity index (χ3v) is 6.69. The van der Waals surface area contributed by atoms with Crippen LogP contribution in [0.5, 0.6) is 0 Å². The fourth-order valence-electron chi connectivity index (χ4n) is 5.55. The van der Waals surface area contributed by atoms with E-state index in [0.717, 1.165) is 24.7 Å². The lowest BCUT2D eigenvalue weighted by Crippen LogP contribution is -2.39. The number of hydrogen-bond acceptors (Lipinski definition) is 0. The summed E-state index contributed by atoms with van der Waals surface area (Å²) in [7, 11) is 0. The summed E-state index contributed by atoms with van der Waals surface area (Å²) >= 11 is 0. The molecule has 2 saturated carbocycles. The van der Waals surface area contributed by atoms with E-state index in [2.05, 4.69) is 6.08 Å². The Morgan fingerprint density at radius 2 is 1.95 bits per heavy atom. The maximum absolute atomic E-state index is 13.3. The molecule has 1 unspecified atom stereocenters. The van der Waals surface area contributed by atoms with Crippen molar-refractivity contribution in [3.63, 3.8) is 0 Å². The smallest absolute Gasteiger partial charge is 0.205 e. The topological polar surface area (TPSA) is 0 Å². The van der Waals surface area contributed by atoms with E-state index < -0.39 is 11.8 Å².